The van der Waals surface area contributed by atoms with E-state index in [-0.39, 0.29) is 12.1 Å². The Morgan fingerprint density at radius 3 is 2.54 bits per heavy atom. The fraction of sp³-hybridized carbons (Fsp3) is 0.412. The van der Waals surface area contributed by atoms with Gasteiger partial charge in [0, 0.05) is 55.8 Å². The zero-order valence-electron chi connectivity index (χ0n) is 13.3. The standard InChI is InChI=1S/C17H20F2N4O/c18-13-3-4-14(15(19)7-13)16(24)11-20-8-12-9-21-17(22-10-12)23-5-1-2-6-23/h3-4,7,9-10,16,20,24H,1-2,5-6,8,11H2/t16-/m0/s1. The first-order chi connectivity index (χ1) is 11.6. The van der Waals surface area contributed by atoms with Crippen molar-refractivity contribution in [1.29, 1.82) is 0 Å². The molecule has 7 heteroatoms. The summed E-state index contributed by atoms with van der Waals surface area (Å²) in [4.78, 5) is 10.9. The molecule has 1 aromatic carbocycles. The molecule has 1 aliphatic rings. The molecule has 2 heterocycles. The largest absolute Gasteiger partial charge is 0.387 e. The van der Waals surface area contributed by atoms with Gasteiger partial charge in [-0.2, -0.15) is 0 Å². The molecule has 5 nitrogen and oxygen atoms in total. The summed E-state index contributed by atoms with van der Waals surface area (Å²) in [6, 6.07) is 3.15. The van der Waals surface area contributed by atoms with Gasteiger partial charge in [0.05, 0.1) is 6.10 Å². The number of hydrogen-bond donors (Lipinski definition) is 2. The van der Waals surface area contributed by atoms with Crippen molar-refractivity contribution in [3.63, 3.8) is 0 Å². The Morgan fingerprint density at radius 2 is 1.88 bits per heavy atom. The number of nitrogens with one attached hydrogen (secondary N) is 1. The summed E-state index contributed by atoms with van der Waals surface area (Å²) in [5, 5.41) is 13.0. The van der Waals surface area contributed by atoms with Crippen LogP contribution in [0.3, 0.4) is 0 Å². The van der Waals surface area contributed by atoms with Gasteiger partial charge in [0.25, 0.3) is 0 Å². The summed E-state index contributed by atoms with van der Waals surface area (Å²) in [5.41, 5.74) is 0.953. The average Bonchev–Trinajstić information content (AvgIpc) is 3.10. The van der Waals surface area contributed by atoms with Crippen LogP contribution in [0.2, 0.25) is 0 Å². The van der Waals surface area contributed by atoms with Gasteiger partial charge in [0.15, 0.2) is 0 Å². The molecule has 1 aliphatic heterocycles. The highest BCUT2D eigenvalue weighted by Gasteiger charge is 2.15. The van der Waals surface area contributed by atoms with Crippen molar-refractivity contribution < 1.29 is 13.9 Å². The molecule has 3 rings (SSSR count). The minimum Gasteiger partial charge on any atom is -0.387 e. The fourth-order valence-corrected chi connectivity index (χ4v) is 2.75. The minimum absolute atomic E-state index is 0.0736. The fourth-order valence-electron chi connectivity index (χ4n) is 2.75. The van der Waals surface area contributed by atoms with E-state index in [0.29, 0.717) is 6.54 Å². The SMILES string of the molecule is O[C@@H](CNCc1cnc(N2CCCC2)nc1)c1ccc(F)cc1F. The van der Waals surface area contributed by atoms with Gasteiger partial charge in [-0.15, -0.1) is 0 Å². The predicted molar refractivity (Wildman–Crippen MR) is 86.5 cm³/mol. The number of aliphatic hydroxyl groups excluding tert-OH is 1. The third kappa shape index (κ3) is 4.04. The Bertz CT molecular complexity index is 675. The number of halogens is 2. The highest BCUT2D eigenvalue weighted by Crippen LogP contribution is 2.18. The second-order valence-corrected chi connectivity index (χ2v) is 5.90. The number of rotatable bonds is 6. The van der Waals surface area contributed by atoms with Crippen molar-refractivity contribution in [1.82, 2.24) is 15.3 Å². The van der Waals surface area contributed by atoms with Crippen LogP contribution in [0.1, 0.15) is 30.1 Å². The van der Waals surface area contributed by atoms with Crippen LogP contribution in [0.25, 0.3) is 0 Å². The van der Waals surface area contributed by atoms with Crippen molar-refractivity contribution >= 4 is 5.95 Å². The van der Waals surface area contributed by atoms with E-state index in [4.69, 9.17) is 0 Å². The van der Waals surface area contributed by atoms with E-state index in [9.17, 15) is 13.9 Å². The molecule has 1 saturated heterocycles. The molecule has 0 bridgehead atoms. The van der Waals surface area contributed by atoms with Gasteiger partial charge in [-0.05, 0) is 18.9 Å². The highest BCUT2D eigenvalue weighted by molar-refractivity contribution is 5.31. The molecule has 2 N–H and O–H groups in total. The third-order valence-corrected chi connectivity index (χ3v) is 4.07. The van der Waals surface area contributed by atoms with Gasteiger partial charge >= 0.3 is 0 Å². The zero-order valence-corrected chi connectivity index (χ0v) is 13.3. The number of hydrogen-bond acceptors (Lipinski definition) is 5. The lowest BCUT2D eigenvalue weighted by atomic mass is 10.1. The Morgan fingerprint density at radius 1 is 1.17 bits per heavy atom. The molecular weight excluding hydrogens is 314 g/mol. The molecule has 0 saturated carbocycles. The maximum Gasteiger partial charge on any atom is 0.225 e. The molecule has 0 amide bonds. The third-order valence-electron chi connectivity index (χ3n) is 4.07. The molecule has 128 valence electrons. The Balaban J connectivity index is 1.50. The van der Waals surface area contributed by atoms with Crippen LogP contribution in [0.5, 0.6) is 0 Å². The smallest absolute Gasteiger partial charge is 0.225 e. The van der Waals surface area contributed by atoms with E-state index in [1.54, 1.807) is 12.4 Å². The number of anilines is 1. The molecular formula is C17H20F2N4O. The number of nitrogens with zero attached hydrogens (tertiary/aromatic N) is 3. The Labute approximate surface area is 139 Å². The van der Waals surface area contributed by atoms with Gasteiger partial charge in [-0.3, -0.25) is 0 Å². The highest BCUT2D eigenvalue weighted by atomic mass is 19.1. The van der Waals surface area contributed by atoms with Crippen molar-refractivity contribution in [3.05, 3.63) is 53.4 Å². The first-order valence-electron chi connectivity index (χ1n) is 8.03. The van der Waals surface area contributed by atoms with Gasteiger partial charge in [-0.1, -0.05) is 6.07 Å². The molecule has 0 unspecified atom stereocenters. The summed E-state index contributed by atoms with van der Waals surface area (Å²) < 4.78 is 26.5. The molecule has 1 atom stereocenters. The van der Waals surface area contributed by atoms with Crippen molar-refractivity contribution in [2.24, 2.45) is 0 Å². The van der Waals surface area contributed by atoms with E-state index in [1.165, 1.54) is 18.9 Å². The van der Waals surface area contributed by atoms with Crippen LogP contribution in [-0.2, 0) is 6.54 Å². The minimum atomic E-state index is -1.05. The van der Waals surface area contributed by atoms with Crippen LogP contribution in [0, 0.1) is 11.6 Å². The van der Waals surface area contributed by atoms with E-state index < -0.39 is 17.7 Å². The van der Waals surface area contributed by atoms with Gasteiger partial charge in [-0.25, -0.2) is 18.7 Å². The van der Waals surface area contributed by atoms with E-state index in [2.05, 4.69) is 20.2 Å². The summed E-state index contributed by atoms with van der Waals surface area (Å²) in [5.74, 6) is -0.668. The van der Waals surface area contributed by atoms with Gasteiger partial charge in [0.2, 0.25) is 5.95 Å². The quantitative estimate of drug-likeness (QED) is 0.848. The summed E-state index contributed by atoms with van der Waals surface area (Å²) in [6.07, 6.45) is 4.79. The Kier molecular flexibility index (Phi) is 5.32. The lowest BCUT2D eigenvalue weighted by molar-refractivity contribution is 0.169. The summed E-state index contributed by atoms with van der Waals surface area (Å²) >= 11 is 0. The second-order valence-electron chi connectivity index (χ2n) is 5.90. The molecule has 2 aromatic rings. The van der Waals surface area contributed by atoms with Crippen LogP contribution in [-0.4, -0.2) is 34.7 Å². The van der Waals surface area contributed by atoms with Crippen molar-refractivity contribution in [2.75, 3.05) is 24.5 Å². The molecule has 0 spiro atoms. The van der Waals surface area contributed by atoms with Crippen molar-refractivity contribution in [3.8, 4) is 0 Å². The Hall–Kier alpha value is -2.12. The monoisotopic (exact) mass is 334 g/mol. The van der Waals surface area contributed by atoms with Gasteiger partial charge < -0.3 is 15.3 Å². The van der Waals surface area contributed by atoms with Crippen LogP contribution < -0.4 is 10.2 Å². The molecule has 1 fully saturated rings. The topological polar surface area (TPSA) is 61.3 Å². The maximum absolute atomic E-state index is 13.6. The zero-order chi connectivity index (χ0) is 16.9. The lowest BCUT2D eigenvalue weighted by Gasteiger charge is -2.15. The number of aliphatic hydroxyl groups is 1. The number of aromatic nitrogens is 2. The van der Waals surface area contributed by atoms with E-state index in [0.717, 1.165) is 36.7 Å². The first kappa shape index (κ1) is 16.7. The van der Waals surface area contributed by atoms with Crippen LogP contribution >= 0.6 is 0 Å². The number of benzene rings is 1. The van der Waals surface area contributed by atoms with E-state index >= 15 is 0 Å². The maximum atomic E-state index is 13.6. The lowest BCUT2D eigenvalue weighted by Crippen LogP contribution is -2.23. The van der Waals surface area contributed by atoms with Crippen molar-refractivity contribution in [2.45, 2.75) is 25.5 Å². The molecule has 0 aliphatic carbocycles. The second kappa shape index (κ2) is 7.63. The average molecular weight is 334 g/mol. The van der Waals surface area contributed by atoms with Crippen LogP contribution in [0.4, 0.5) is 14.7 Å². The van der Waals surface area contributed by atoms with Gasteiger partial charge in [0.1, 0.15) is 11.6 Å². The summed E-state index contributed by atoms with van der Waals surface area (Å²) in [6.45, 7) is 2.59. The van der Waals surface area contributed by atoms with E-state index in [1.807, 2.05) is 0 Å². The molecule has 1 aromatic heterocycles. The summed E-state index contributed by atoms with van der Waals surface area (Å²) in [7, 11) is 0. The molecule has 24 heavy (non-hydrogen) atoms. The van der Waals surface area contributed by atoms with Crippen LogP contribution in [0.15, 0.2) is 30.6 Å². The molecule has 0 radical (unpaired) electrons. The predicted octanol–water partition coefficient (Wildman–Crippen LogP) is 2.18. The normalized spacial score (nSPS) is 15.7. The first-order valence-corrected chi connectivity index (χ1v) is 8.03.